The number of aryl methyl sites for hydroxylation is 1. The lowest BCUT2D eigenvalue weighted by atomic mass is 9.91. The van der Waals surface area contributed by atoms with Crippen molar-refractivity contribution in [3.05, 3.63) is 65.2 Å². The zero-order valence-electron chi connectivity index (χ0n) is 12.8. The Balaban J connectivity index is 1.83. The smallest absolute Gasteiger partial charge is 0.240 e. The molecule has 0 aliphatic carbocycles. The van der Waals surface area contributed by atoms with Gasteiger partial charge in [0.15, 0.2) is 0 Å². The predicted molar refractivity (Wildman–Crippen MR) is 92.9 cm³/mol. The molecule has 1 unspecified atom stereocenters. The van der Waals surface area contributed by atoms with Crippen LogP contribution in [0.5, 0.6) is 0 Å². The molecule has 0 spiro atoms. The van der Waals surface area contributed by atoms with Gasteiger partial charge in [0.05, 0.1) is 4.90 Å². The Morgan fingerprint density at radius 1 is 1.22 bits per heavy atom. The minimum absolute atomic E-state index is 0.0344. The van der Waals surface area contributed by atoms with Gasteiger partial charge < -0.3 is 5.11 Å². The van der Waals surface area contributed by atoms with Gasteiger partial charge in [-0.2, -0.15) is 11.8 Å². The van der Waals surface area contributed by atoms with E-state index in [0.29, 0.717) is 5.75 Å². The highest BCUT2D eigenvalue weighted by atomic mass is 32.2. The molecule has 4 nitrogen and oxygen atoms in total. The van der Waals surface area contributed by atoms with Crippen LogP contribution in [0.3, 0.4) is 0 Å². The molecule has 0 saturated carbocycles. The van der Waals surface area contributed by atoms with Gasteiger partial charge in [-0.25, -0.2) is 13.1 Å². The van der Waals surface area contributed by atoms with Crippen molar-refractivity contribution in [3.8, 4) is 0 Å². The van der Waals surface area contributed by atoms with E-state index in [2.05, 4.69) is 4.72 Å². The van der Waals surface area contributed by atoms with Crippen LogP contribution in [0.25, 0.3) is 0 Å². The number of nitrogens with one attached hydrogen (secondary N) is 1. The van der Waals surface area contributed by atoms with E-state index in [1.54, 1.807) is 30.0 Å². The summed E-state index contributed by atoms with van der Waals surface area (Å²) in [5.41, 5.74) is 1.56. The van der Waals surface area contributed by atoms with Crippen molar-refractivity contribution >= 4 is 21.8 Å². The van der Waals surface area contributed by atoms with Gasteiger partial charge in [0.1, 0.15) is 5.60 Å². The van der Waals surface area contributed by atoms with Crippen LogP contribution in [0.2, 0.25) is 0 Å². The van der Waals surface area contributed by atoms with Gasteiger partial charge in [-0.3, -0.25) is 0 Å². The summed E-state index contributed by atoms with van der Waals surface area (Å²) in [4.78, 5) is 0.220. The fourth-order valence-corrected chi connectivity index (χ4v) is 5.10. The molecule has 6 heteroatoms. The first-order valence-corrected chi connectivity index (χ1v) is 9.99. The number of aliphatic hydroxyl groups is 1. The Bertz CT molecular complexity index is 820. The van der Waals surface area contributed by atoms with Crippen molar-refractivity contribution < 1.29 is 13.5 Å². The quantitative estimate of drug-likeness (QED) is 0.890. The Morgan fingerprint density at radius 3 is 2.78 bits per heavy atom. The predicted octanol–water partition coefficient (Wildman–Crippen LogP) is 2.41. The summed E-state index contributed by atoms with van der Waals surface area (Å²) >= 11 is 1.61. The van der Waals surface area contributed by atoms with E-state index in [1.165, 1.54) is 0 Å². The van der Waals surface area contributed by atoms with Crippen molar-refractivity contribution in [1.29, 1.82) is 0 Å². The molecular formula is C17H19NO3S2. The molecule has 0 fully saturated rings. The van der Waals surface area contributed by atoms with E-state index in [4.69, 9.17) is 0 Å². The lowest BCUT2D eigenvalue weighted by molar-refractivity contribution is 0.0659. The van der Waals surface area contributed by atoms with Crippen molar-refractivity contribution in [2.45, 2.75) is 23.2 Å². The van der Waals surface area contributed by atoms with Gasteiger partial charge in [0.25, 0.3) is 0 Å². The van der Waals surface area contributed by atoms with E-state index < -0.39 is 15.6 Å². The van der Waals surface area contributed by atoms with Crippen molar-refractivity contribution in [2.24, 2.45) is 0 Å². The summed E-state index contributed by atoms with van der Waals surface area (Å²) in [6.07, 6.45) is 0. The zero-order chi connectivity index (χ0) is 16.5. The Hall–Kier alpha value is -1.34. The first-order chi connectivity index (χ1) is 10.9. The largest absolute Gasteiger partial charge is 0.383 e. The topological polar surface area (TPSA) is 66.4 Å². The van der Waals surface area contributed by atoms with E-state index in [0.717, 1.165) is 22.4 Å². The van der Waals surface area contributed by atoms with E-state index >= 15 is 0 Å². The van der Waals surface area contributed by atoms with E-state index in [-0.39, 0.29) is 11.4 Å². The van der Waals surface area contributed by atoms with E-state index in [9.17, 15) is 13.5 Å². The fourth-order valence-electron chi connectivity index (χ4n) is 2.73. The molecule has 1 aliphatic heterocycles. The molecule has 1 atom stereocenters. The first-order valence-electron chi connectivity index (χ1n) is 7.36. The molecule has 1 heterocycles. The molecule has 23 heavy (non-hydrogen) atoms. The summed E-state index contributed by atoms with van der Waals surface area (Å²) in [5, 5.41) is 10.9. The lowest BCUT2D eigenvalue weighted by Crippen LogP contribution is -2.44. The van der Waals surface area contributed by atoms with Crippen molar-refractivity contribution in [3.63, 3.8) is 0 Å². The number of hydrogen-bond acceptors (Lipinski definition) is 4. The third-order valence-corrected chi connectivity index (χ3v) is 6.57. The second-order valence-electron chi connectivity index (χ2n) is 5.82. The average molecular weight is 349 g/mol. The van der Waals surface area contributed by atoms with Crippen LogP contribution in [0.15, 0.2) is 53.4 Å². The highest BCUT2D eigenvalue weighted by molar-refractivity contribution is 7.98. The molecule has 0 radical (unpaired) electrons. The van der Waals surface area contributed by atoms with Crippen molar-refractivity contribution in [1.82, 2.24) is 4.72 Å². The molecular weight excluding hydrogens is 330 g/mol. The third-order valence-electron chi connectivity index (χ3n) is 3.97. The van der Waals surface area contributed by atoms with Crippen LogP contribution in [0.4, 0.5) is 0 Å². The third kappa shape index (κ3) is 3.45. The second kappa shape index (κ2) is 6.28. The summed E-state index contributed by atoms with van der Waals surface area (Å²) < 4.78 is 27.5. The summed E-state index contributed by atoms with van der Waals surface area (Å²) in [5.74, 6) is 1.31. The molecule has 2 aromatic carbocycles. The standard InChI is InChI=1S/C17H19NO3S2/c1-13-5-4-7-15(9-13)23(20,21)18-11-17(19)12-22-10-14-6-2-3-8-16(14)17/h2-9,18-19H,10-12H2,1H3. The Kier molecular flexibility index (Phi) is 4.51. The molecule has 0 bridgehead atoms. The van der Waals surface area contributed by atoms with E-state index in [1.807, 2.05) is 37.3 Å². The van der Waals surface area contributed by atoms with Gasteiger partial charge in [-0.05, 0) is 35.7 Å². The Morgan fingerprint density at radius 2 is 2.00 bits per heavy atom. The summed E-state index contributed by atoms with van der Waals surface area (Å²) in [6, 6.07) is 14.4. The van der Waals surface area contributed by atoms with Crippen LogP contribution in [0.1, 0.15) is 16.7 Å². The molecule has 0 aromatic heterocycles. The maximum atomic E-state index is 12.5. The number of sulfonamides is 1. The highest BCUT2D eigenvalue weighted by Crippen LogP contribution is 2.36. The second-order valence-corrected chi connectivity index (χ2v) is 8.58. The maximum absolute atomic E-state index is 12.5. The van der Waals surface area contributed by atoms with Crippen LogP contribution < -0.4 is 4.72 Å². The number of benzene rings is 2. The van der Waals surface area contributed by atoms with Gasteiger partial charge in [-0.1, -0.05) is 36.4 Å². The van der Waals surface area contributed by atoms with Gasteiger partial charge in [0.2, 0.25) is 10.0 Å². The average Bonchev–Trinajstić information content (AvgIpc) is 2.54. The summed E-state index contributed by atoms with van der Waals surface area (Å²) in [6.45, 7) is 1.81. The van der Waals surface area contributed by atoms with Crippen LogP contribution in [0, 0.1) is 6.92 Å². The first kappa shape index (κ1) is 16.5. The molecule has 3 rings (SSSR count). The SMILES string of the molecule is Cc1cccc(S(=O)(=O)NCC2(O)CSCc3ccccc32)c1. The van der Waals surface area contributed by atoms with Crippen LogP contribution in [-0.2, 0) is 21.4 Å². The highest BCUT2D eigenvalue weighted by Gasteiger charge is 2.35. The normalized spacial score (nSPS) is 21.0. The van der Waals surface area contributed by atoms with Crippen molar-refractivity contribution in [2.75, 3.05) is 12.3 Å². The Labute approximate surface area is 141 Å². The fraction of sp³-hybridized carbons (Fsp3) is 0.294. The minimum atomic E-state index is -3.64. The zero-order valence-corrected chi connectivity index (χ0v) is 14.5. The molecule has 0 saturated heterocycles. The monoisotopic (exact) mass is 349 g/mol. The van der Waals surface area contributed by atoms with Gasteiger partial charge in [-0.15, -0.1) is 0 Å². The van der Waals surface area contributed by atoms with Gasteiger partial charge in [0, 0.05) is 18.1 Å². The molecule has 2 aromatic rings. The number of fused-ring (bicyclic) bond motifs is 1. The van der Waals surface area contributed by atoms with Gasteiger partial charge >= 0.3 is 0 Å². The lowest BCUT2D eigenvalue weighted by Gasteiger charge is -2.34. The van der Waals surface area contributed by atoms with Crippen LogP contribution >= 0.6 is 11.8 Å². The number of hydrogen-bond donors (Lipinski definition) is 2. The molecule has 2 N–H and O–H groups in total. The molecule has 122 valence electrons. The van der Waals surface area contributed by atoms with Crippen LogP contribution in [-0.4, -0.2) is 25.8 Å². The number of thioether (sulfide) groups is 1. The molecule has 1 aliphatic rings. The maximum Gasteiger partial charge on any atom is 0.240 e. The summed E-state index contributed by atoms with van der Waals surface area (Å²) in [7, 11) is -3.64. The minimum Gasteiger partial charge on any atom is -0.383 e. The number of rotatable bonds is 4. The molecule has 0 amide bonds.